The lowest BCUT2D eigenvalue weighted by Crippen LogP contribution is -2.16. The van der Waals surface area contributed by atoms with Crippen LogP contribution in [0.1, 0.15) is 40.7 Å². The molecule has 0 saturated carbocycles. The molecule has 0 bridgehead atoms. The van der Waals surface area contributed by atoms with E-state index in [9.17, 15) is 4.79 Å². The van der Waals surface area contributed by atoms with Gasteiger partial charge in [-0.3, -0.25) is 9.78 Å². The van der Waals surface area contributed by atoms with E-state index >= 15 is 0 Å². The van der Waals surface area contributed by atoms with Gasteiger partial charge in [0.1, 0.15) is 0 Å². The standard InChI is InChI=1S/C11H16N2O/c1-4-5-10-9(11(12)14)6-7(2)8(3)13-10/h6H,4-5H2,1-3H3,(H2,12,14). The van der Waals surface area contributed by atoms with Gasteiger partial charge in [-0.05, 0) is 31.9 Å². The van der Waals surface area contributed by atoms with Gasteiger partial charge in [-0.2, -0.15) is 0 Å². The summed E-state index contributed by atoms with van der Waals surface area (Å²) in [4.78, 5) is 15.5. The summed E-state index contributed by atoms with van der Waals surface area (Å²) in [5.41, 5.74) is 8.66. The normalized spacial score (nSPS) is 10.2. The number of pyridine rings is 1. The van der Waals surface area contributed by atoms with Crippen molar-refractivity contribution >= 4 is 5.91 Å². The Bertz CT molecular complexity index is 359. The van der Waals surface area contributed by atoms with Crippen LogP contribution in [0.5, 0.6) is 0 Å². The minimum atomic E-state index is -0.385. The number of carbonyl (C=O) groups excluding carboxylic acids is 1. The molecule has 3 heteroatoms. The lowest BCUT2D eigenvalue weighted by Gasteiger charge is -2.08. The Morgan fingerprint density at radius 2 is 2.14 bits per heavy atom. The average molecular weight is 192 g/mol. The molecule has 1 aromatic rings. The second kappa shape index (κ2) is 4.22. The van der Waals surface area contributed by atoms with Gasteiger partial charge in [0.2, 0.25) is 0 Å². The van der Waals surface area contributed by atoms with E-state index < -0.39 is 0 Å². The predicted molar refractivity (Wildman–Crippen MR) is 56.2 cm³/mol. The number of amides is 1. The molecule has 0 aromatic carbocycles. The molecule has 1 heterocycles. The molecule has 0 fully saturated rings. The summed E-state index contributed by atoms with van der Waals surface area (Å²) in [5, 5.41) is 0. The van der Waals surface area contributed by atoms with E-state index in [0.29, 0.717) is 5.56 Å². The van der Waals surface area contributed by atoms with Gasteiger partial charge in [0.05, 0.1) is 11.3 Å². The highest BCUT2D eigenvalue weighted by molar-refractivity contribution is 5.94. The molecule has 1 aromatic heterocycles. The second-order valence-corrected chi connectivity index (χ2v) is 3.50. The van der Waals surface area contributed by atoms with Crippen molar-refractivity contribution < 1.29 is 4.79 Å². The number of primary amides is 1. The number of hydrogen-bond donors (Lipinski definition) is 1. The van der Waals surface area contributed by atoms with E-state index in [4.69, 9.17) is 5.73 Å². The smallest absolute Gasteiger partial charge is 0.250 e. The SMILES string of the molecule is CCCc1nc(C)c(C)cc1C(N)=O. The molecule has 14 heavy (non-hydrogen) atoms. The Hall–Kier alpha value is -1.38. The van der Waals surface area contributed by atoms with Crippen LogP contribution < -0.4 is 5.73 Å². The third kappa shape index (κ3) is 2.10. The summed E-state index contributed by atoms with van der Waals surface area (Å²) < 4.78 is 0. The molecule has 1 rings (SSSR count). The van der Waals surface area contributed by atoms with Gasteiger partial charge in [0.25, 0.3) is 5.91 Å². The van der Waals surface area contributed by atoms with Gasteiger partial charge in [0.15, 0.2) is 0 Å². The van der Waals surface area contributed by atoms with Crippen molar-refractivity contribution in [1.82, 2.24) is 4.98 Å². The molecule has 0 atom stereocenters. The maximum absolute atomic E-state index is 11.1. The van der Waals surface area contributed by atoms with E-state index in [-0.39, 0.29) is 5.91 Å². The maximum atomic E-state index is 11.1. The van der Waals surface area contributed by atoms with Crippen molar-refractivity contribution in [3.63, 3.8) is 0 Å². The molecular weight excluding hydrogens is 176 g/mol. The van der Waals surface area contributed by atoms with Crippen LogP contribution in [0.25, 0.3) is 0 Å². The van der Waals surface area contributed by atoms with E-state index in [0.717, 1.165) is 29.8 Å². The molecule has 0 unspecified atom stereocenters. The van der Waals surface area contributed by atoms with Crippen LogP contribution in [0, 0.1) is 13.8 Å². The highest BCUT2D eigenvalue weighted by Gasteiger charge is 2.10. The molecule has 0 aliphatic carbocycles. The summed E-state index contributed by atoms with van der Waals surface area (Å²) in [7, 11) is 0. The molecule has 76 valence electrons. The predicted octanol–water partition coefficient (Wildman–Crippen LogP) is 1.75. The minimum absolute atomic E-state index is 0.385. The second-order valence-electron chi connectivity index (χ2n) is 3.50. The average Bonchev–Trinajstić information content (AvgIpc) is 2.11. The fourth-order valence-corrected chi connectivity index (χ4v) is 1.40. The Balaban J connectivity index is 3.24. The fraction of sp³-hybridized carbons (Fsp3) is 0.455. The Labute approximate surface area is 84.3 Å². The zero-order valence-electron chi connectivity index (χ0n) is 8.92. The van der Waals surface area contributed by atoms with Gasteiger partial charge >= 0.3 is 0 Å². The first-order valence-corrected chi connectivity index (χ1v) is 4.83. The van der Waals surface area contributed by atoms with Crippen LogP contribution in [-0.2, 0) is 6.42 Å². The van der Waals surface area contributed by atoms with Crippen LogP contribution in [0.4, 0.5) is 0 Å². The largest absolute Gasteiger partial charge is 0.366 e. The van der Waals surface area contributed by atoms with Crippen LogP contribution in [-0.4, -0.2) is 10.9 Å². The number of carbonyl (C=O) groups is 1. The van der Waals surface area contributed by atoms with Crippen LogP contribution in [0.2, 0.25) is 0 Å². The number of aryl methyl sites for hydroxylation is 3. The summed E-state index contributed by atoms with van der Waals surface area (Å²) in [6.45, 7) is 5.94. The highest BCUT2D eigenvalue weighted by atomic mass is 16.1. The first-order valence-electron chi connectivity index (χ1n) is 4.83. The molecule has 3 nitrogen and oxygen atoms in total. The van der Waals surface area contributed by atoms with Crippen molar-refractivity contribution in [1.29, 1.82) is 0 Å². The molecular formula is C11H16N2O. The van der Waals surface area contributed by atoms with Crippen molar-refractivity contribution in [3.8, 4) is 0 Å². The lowest BCUT2D eigenvalue weighted by molar-refractivity contribution is 0.0999. The van der Waals surface area contributed by atoms with E-state index in [2.05, 4.69) is 11.9 Å². The van der Waals surface area contributed by atoms with Crippen LogP contribution in [0.15, 0.2) is 6.07 Å². The Kier molecular flexibility index (Phi) is 3.23. The van der Waals surface area contributed by atoms with Gasteiger partial charge < -0.3 is 5.73 Å². The topological polar surface area (TPSA) is 56.0 Å². The Morgan fingerprint density at radius 3 is 2.64 bits per heavy atom. The fourth-order valence-electron chi connectivity index (χ4n) is 1.40. The first kappa shape index (κ1) is 10.7. The van der Waals surface area contributed by atoms with Crippen molar-refractivity contribution in [2.24, 2.45) is 5.73 Å². The molecule has 0 aliphatic heterocycles. The molecule has 2 N–H and O–H groups in total. The summed E-state index contributed by atoms with van der Waals surface area (Å²) in [6, 6.07) is 1.83. The monoisotopic (exact) mass is 192 g/mol. The zero-order chi connectivity index (χ0) is 10.7. The third-order valence-electron chi connectivity index (χ3n) is 2.30. The number of nitrogens with two attached hydrogens (primary N) is 1. The first-order chi connectivity index (χ1) is 6.56. The van der Waals surface area contributed by atoms with Crippen LogP contribution in [0.3, 0.4) is 0 Å². The lowest BCUT2D eigenvalue weighted by atomic mass is 10.1. The zero-order valence-corrected chi connectivity index (χ0v) is 8.92. The number of aromatic nitrogens is 1. The van der Waals surface area contributed by atoms with E-state index in [1.165, 1.54) is 0 Å². The number of hydrogen-bond acceptors (Lipinski definition) is 2. The van der Waals surface area contributed by atoms with Crippen molar-refractivity contribution in [3.05, 3.63) is 28.6 Å². The van der Waals surface area contributed by atoms with Crippen molar-refractivity contribution in [2.45, 2.75) is 33.6 Å². The quantitative estimate of drug-likeness (QED) is 0.793. The van der Waals surface area contributed by atoms with Gasteiger partial charge in [-0.25, -0.2) is 0 Å². The molecule has 0 saturated heterocycles. The Morgan fingerprint density at radius 1 is 1.50 bits per heavy atom. The highest BCUT2D eigenvalue weighted by Crippen LogP contribution is 2.13. The number of rotatable bonds is 3. The maximum Gasteiger partial charge on any atom is 0.250 e. The van der Waals surface area contributed by atoms with Crippen molar-refractivity contribution in [2.75, 3.05) is 0 Å². The van der Waals surface area contributed by atoms with Gasteiger partial charge in [-0.15, -0.1) is 0 Å². The van der Waals surface area contributed by atoms with E-state index in [1.54, 1.807) is 0 Å². The molecule has 0 aliphatic rings. The summed E-state index contributed by atoms with van der Waals surface area (Å²) in [6.07, 6.45) is 1.77. The van der Waals surface area contributed by atoms with Crippen LogP contribution >= 0.6 is 0 Å². The molecule has 1 amide bonds. The number of nitrogens with zero attached hydrogens (tertiary/aromatic N) is 1. The third-order valence-corrected chi connectivity index (χ3v) is 2.30. The van der Waals surface area contributed by atoms with Gasteiger partial charge in [-0.1, -0.05) is 13.3 Å². The molecule has 0 spiro atoms. The summed E-state index contributed by atoms with van der Waals surface area (Å²) in [5.74, 6) is -0.385. The minimum Gasteiger partial charge on any atom is -0.366 e. The summed E-state index contributed by atoms with van der Waals surface area (Å²) >= 11 is 0. The molecule has 0 radical (unpaired) electrons. The van der Waals surface area contributed by atoms with Gasteiger partial charge in [0, 0.05) is 5.69 Å². The van der Waals surface area contributed by atoms with E-state index in [1.807, 2.05) is 19.9 Å².